The molecule has 2 N–H and O–H groups in total. The molecule has 2 saturated heterocycles. The third-order valence-electron chi connectivity index (χ3n) is 6.01. The van der Waals surface area contributed by atoms with Crippen LogP contribution in [0.4, 0.5) is 10.1 Å². The molecule has 0 radical (unpaired) electrons. The number of nitrogens with zero attached hydrogens (tertiary/aromatic N) is 1. The first-order valence-electron chi connectivity index (χ1n) is 9.54. The van der Waals surface area contributed by atoms with Crippen molar-refractivity contribution in [2.24, 2.45) is 17.8 Å². The smallest absolute Gasteiger partial charge is 0.250 e. The lowest BCUT2D eigenvalue weighted by molar-refractivity contribution is -0.143. The molecule has 3 heterocycles. The average molecular weight is 389 g/mol. The molecule has 1 spiro atoms. The van der Waals surface area contributed by atoms with Crippen LogP contribution in [0.5, 0.6) is 0 Å². The monoisotopic (exact) mass is 389 g/mol. The van der Waals surface area contributed by atoms with Gasteiger partial charge >= 0.3 is 0 Å². The summed E-state index contributed by atoms with van der Waals surface area (Å²) in [5.74, 6) is -2.91. The molecule has 3 aliphatic heterocycles. The number of rotatable bonds is 5. The Hall–Kier alpha value is -2.32. The normalized spacial score (nSPS) is 31.1. The summed E-state index contributed by atoms with van der Waals surface area (Å²) in [7, 11) is 1.50. The largest absolute Gasteiger partial charge is 0.383 e. The van der Waals surface area contributed by atoms with Gasteiger partial charge in [0, 0.05) is 24.4 Å². The Morgan fingerprint density at radius 1 is 1.25 bits per heavy atom. The highest BCUT2D eigenvalue weighted by atomic mass is 19.1. The molecule has 0 saturated carbocycles. The number of hydrogen-bond donors (Lipinski definition) is 2. The number of amides is 3. The summed E-state index contributed by atoms with van der Waals surface area (Å²) in [5, 5.41) is 6.05. The van der Waals surface area contributed by atoms with Gasteiger partial charge in [-0.05, 0) is 30.5 Å². The highest BCUT2D eigenvalue weighted by Crippen LogP contribution is 2.53. The lowest BCUT2D eigenvalue weighted by Crippen LogP contribution is -2.53. The van der Waals surface area contributed by atoms with Crippen LogP contribution in [0.2, 0.25) is 0 Å². The number of hydrogen-bond acceptors (Lipinski definition) is 5. The van der Waals surface area contributed by atoms with E-state index in [-0.39, 0.29) is 31.0 Å². The molecule has 0 aliphatic carbocycles. The number of carbonyl (C=O) groups is 3. The van der Waals surface area contributed by atoms with Crippen LogP contribution in [0, 0.1) is 23.6 Å². The molecular weight excluding hydrogens is 365 g/mol. The number of imide groups is 1. The fourth-order valence-corrected chi connectivity index (χ4v) is 4.95. The van der Waals surface area contributed by atoms with E-state index in [4.69, 9.17) is 4.74 Å². The van der Waals surface area contributed by atoms with Crippen molar-refractivity contribution in [3.63, 3.8) is 0 Å². The summed E-state index contributed by atoms with van der Waals surface area (Å²) < 4.78 is 19.1. The van der Waals surface area contributed by atoms with E-state index in [2.05, 4.69) is 10.6 Å². The lowest BCUT2D eigenvalue weighted by Gasteiger charge is -2.29. The Kier molecular flexibility index (Phi) is 4.50. The fraction of sp³-hybridized carbons (Fsp3) is 0.550. The number of benzene rings is 1. The molecule has 2 fully saturated rings. The lowest BCUT2D eigenvalue weighted by atomic mass is 9.76. The first kappa shape index (κ1) is 19.0. The van der Waals surface area contributed by atoms with E-state index in [0.29, 0.717) is 17.7 Å². The van der Waals surface area contributed by atoms with Gasteiger partial charge in [0.15, 0.2) is 0 Å². The minimum Gasteiger partial charge on any atom is -0.383 e. The second-order valence-electron chi connectivity index (χ2n) is 8.16. The maximum Gasteiger partial charge on any atom is 0.250 e. The second kappa shape index (κ2) is 6.63. The van der Waals surface area contributed by atoms with Crippen molar-refractivity contribution in [2.75, 3.05) is 25.6 Å². The van der Waals surface area contributed by atoms with E-state index in [9.17, 15) is 18.8 Å². The van der Waals surface area contributed by atoms with Crippen molar-refractivity contribution < 1.29 is 23.5 Å². The third-order valence-corrected chi connectivity index (χ3v) is 6.01. The summed E-state index contributed by atoms with van der Waals surface area (Å²) in [6, 6.07) is 3.69. The highest BCUT2D eigenvalue weighted by molar-refractivity contribution is 6.15. The van der Waals surface area contributed by atoms with E-state index in [1.165, 1.54) is 30.2 Å². The Morgan fingerprint density at radius 3 is 2.68 bits per heavy atom. The number of halogens is 1. The Labute approximate surface area is 162 Å². The van der Waals surface area contributed by atoms with Crippen LogP contribution in [-0.2, 0) is 24.7 Å². The topological polar surface area (TPSA) is 87.7 Å². The Morgan fingerprint density at radius 2 is 2.00 bits per heavy atom. The van der Waals surface area contributed by atoms with Crippen LogP contribution in [-0.4, -0.2) is 48.9 Å². The minimum absolute atomic E-state index is 0.142. The van der Waals surface area contributed by atoms with E-state index < -0.39 is 35.0 Å². The van der Waals surface area contributed by atoms with Gasteiger partial charge in [-0.3, -0.25) is 24.6 Å². The quantitative estimate of drug-likeness (QED) is 0.740. The SMILES string of the molecule is COCCN1C(=O)[C@@H]2[C@H](CC(C)C)N[C@@]3(C(=O)Nc4ccc(F)cc43)[C@@H]2C1=O. The zero-order valence-electron chi connectivity index (χ0n) is 16.1. The summed E-state index contributed by atoms with van der Waals surface area (Å²) >= 11 is 0. The number of methoxy groups -OCH3 is 1. The number of likely N-dealkylation sites (tertiary alicyclic amines) is 1. The molecule has 4 atom stereocenters. The van der Waals surface area contributed by atoms with Gasteiger partial charge in [0.1, 0.15) is 11.4 Å². The van der Waals surface area contributed by atoms with E-state index in [1.54, 1.807) is 0 Å². The van der Waals surface area contributed by atoms with Crippen molar-refractivity contribution >= 4 is 23.4 Å². The number of nitrogens with one attached hydrogen (secondary N) is 2. The van der Waals surface area contributed by atoms with Gasteiger partial charge < -0.3 is 10.1 Å². The summed E-state index contributed by atoms with van der Waals surface area (Å²) in [6.45, 7) is 4.41. The van der Waals surface area contributed by atoms with Crippen molar-refractivity contribution in [3.8, 4) is 0 Å². The Bertz CT molecular complexity index is 858. The van der Waals surface area contributed by atoms with Gasteiger partial charge in [-0.1, -0.05) is 13.8 Å². The first-order chi connectivity index (χ1) is 13.3. The highest BCUT2D eigenvalue weighted by Gasteiger charge is 2.70. The number of anilines is 1. The molecular formula is C20H24FN3O4. The van der Waals surface area contributed by atoms with Gasteiger partial charge in [-0.15, -0.1) is 0 Å². The van der Waals surface area contributed by atoms with Crippen molar-refractivity contribution in [2.45, 2.75) is 31.8 Å². The van der Waals surface area contributed by atoms with Crippen molar-refractivity contribution in [3.05, 3.63) is 29.6 Å². The standard InChI is InChI=1S/C20H24FN3O4/c1-10(2)8-14-15-16(18(26)24(17(15)25)6-7-28-3)20(23-14)12-9-11(21)4-5-13(12)22-19(20)27/h4-5,9-10,14-16,23H,6-8H2,1-3H3,(H,22,27)/t14-,15+,16-,20+/m0/s1. The van der Waals surface area contributed by atoms with Crippen LogP contribution in [0.3, 0.4) is 0 Å². The fourth-order valence-electron chi connectivity index (χ4n) is 4.95. The first-order valence-corrected chi connectivity index (χ1v) is 9.54. The average Bonchev–Trinajstić information content (AvgIpc) is 3.19. The predicted molar refractivity (Wildman–Crippen MR) is 98.7 cm³/mol. The van der Waals surface area contributed by atoms with Crippen molar-refractivity contribution in [1.82, 2.24) is 10.2 Å². The predicted octanol–water partition coefficient (Wildman–Crippen LogP) is 1.24. The van der Waals surface area contributed by atoms with Crippen LogP contribution in [0.25, 0.3) is 0 Å². The maximum atomic E-state index is 14.0. The van der Waals surface area contributed by atoms with Crippen LogP contribution in [0.1, 0.15) is 25.8 Å². The molecule has 0 unspecified atom stereocenters. The van der Waals surface area contributed by atoms with Gasteiger partial charge in [-0.2, -0.15) is 0 Å². The van der Waals surface area contributed by atoms with Gasteiger partial charge in [0.25, 0.3) is 0 Å². The molecule has 150 valence electrons. The molecule has 4 rings (SSSR count). The molecule has 1 aromatic carbocycles. The summed E-state index contributed by atoms with van der Waals surface area (Å²) in [6.07, 6.45) is 0.623. The molecule has 7 nitrogen and oxygen atoms in total. The zero-order valence-corrected chi connectivity index (χ0v) is 16.1. The van der Waals surface area contributed by atoms with Gasteiger partial charge in [0.05, 0.1) is 25.0 Å². The van der Waals surface area contributed by atoms with Crippen LogP contribution < -0.4 is 10.6 Å². The molecule has 3 aliphatic rings. The molecule has 3 amide bonds. The van der Waals surface area contributed by atoms with Gasteiger partial charge in [0.2, 0.25) is 17.7 Å². The molecule has 28 heavy (non-hydrogen) atoms. The summed E-state index contributed by atoms with van der Waals surface area (Å²) in [4.78, 5) is 40.7. The minimum atomic E-state index is -1.43. The Balaban J connectivity index is 1.84. The number of carbonyl (C=O) groups excluding carboxylic acids is 3. The van der Waals surface area contributed by atoms with Crippen LogP contribution in [0.15, 0.2) is 18.2 Å². The second-order valence-corrected chi connectivity index (χ2v) is 8.16. The molecule has 8 heteroatoms. The zero-order chi connectivity index (χ0) is 20.2. The molecule has 0 bridgehead atoms. The van der Waals surface area contributed by atoms with E-state index >= 15 is 0 Å². The maximum absolute atomic E-state index is 14.0. The van der Waals surface area contributed by atoms with Crippen LogP contribution >= 0.6 is 0 Å². The van der Waals surface area contributed by atoms with E-state index in [0.717, 1.165) is 0 Å². The van der Waals surface area contributed by atoms with Gasteiger partial charge in [-0.25, -0.2) is 4.39 Å². The number of ether oxygens (including phenoxy) is 1. The van der Waals surface area contributed by atoms with Crippen molar-refractivity contribution in [1.29, 1.82) is 0 Å². The summed E-state index contributed by atoms with van der Waals surface area (Å²) in [5.41, 5.74) is -0.567. The number of fused-ring (bicyclic) bond motifs is 4. The third kappa shape index (κ3) is 2.51. The van der Waals surface area contributed by atoms with E-state index in [1.807, 2.05) is 13.8 Å². The molecule has 0 aromatic heterocycles. The molecule has 1 aromatic rings.